The molecule has 1 N–H and O–H groups in total. The molecule has 3 heterocycles. The van der Waals surface area contributed by atoms with E-state index in [1.807, 2.05) is 35.8 Å². The number of hydrogen-bond acceptors (Lipinski definition) is 5. The Balaban J connectivity index is 1.55. The summed E-state index contributed by atoms with van der Waals surface area (Å²) in [7, 11) is 0. The van der Waals surface area contributed by atoms with E-state index in [0.29, 0.717) is 6.54 Å². The van der Waals surface area contributed by atoms with Gasteiger partial charge in [0.2, 0.25) is 0 Å². The van der Waals surface area contributed by atoms with Gasteiger partial charge in [-0.1, -0.05) is 12.1 Å². The number of ether oxygens (including phenoxy) is 1. The average molecular weight is 303 g/mol. The predicted molar refractivity (Wildman–Crippen MR) is 82.8 cm³/mol. The standard InChI is InChI=1S/C15H17N3O2S/c19-15(13-2-1-9-21-13)17-11-12-3-4-14(16-10-12)18-5-7-20-8-6-18/h1-4,9-10H,5-8,11H2,(H,17,19). The Kier molecular flexibility index (Phi) is 4.47. The smallest absolute Gasteiger partial charge is 0.261 e. The Hall–Kier alpha value is -1.92. The van der Waals surface area contributed by atoms with Gasteiger partial charge < -0.3 is 15.0 Å². The fraction of sp³-hybridized carbons (Fsp3) is 0.333. The van der Waals surface area contributed by atoms with Crippen molar-refractivity contribution in [2.24, 2.45) is 0 Å². The zero-order chi connectivity index (χ0) is 14.5. The molecule has 110 valence electrons. The van der Waals surface area contributed by atoms with Gasteiger partial charge >= 0.3 is 0 Å². The maximum atomic E-state index is 11.9. The first-order valence-electron chi connectivity index (χ1n) is 6.92. The average Bonchev–Trinajstić information content (AvgIpc) is 3.08. The Morgan fingerprint density at radius 1 is 1.33 bits per heavy atom. The van der Waals surface area contributed by atoms with Gasteiger partial charge in [0.05, 0.1) is 18.1 Å². The van der Waals surface area contributed by atoms with E-state index in [4.69, 9.17) is 4.74 Å². The first-order valence-corrected chi connectivity index (χ1v) is 7.80. The molecule has 1 aliphatic heterocycles. The van der Waals surface area contributed by atoms with Crippen LogP contribution in [0.1, 0.15) is 15.2 Å². The molecule has 5 nitrogen and oxygen atoms in total. The van der Waals surface area contributed by atoms with Crippen molar-refractivity contribution in [3.8, 4) is 0 Å². The highest BCUT2D eigenvalue weighted by molar-refractivity contribution is 7.12. The normalized spacial score (nSPS) is 15.0. The van der Waals surface area contributed by atoms with Crippen LogP contribution in [0.25, 0.3) is 0 Å². The highest BCUT2D eigenvalue weighted by atomic mass is 32.1. The van der Waals surface area contributed by atoms with Gasteiger partial charge in [-0.25, -0.2) is 4.98 Å². The second-order valence-corrected chi connectivity index (χ2v) is 5.73. The van der Waals surface area contributed by atoms with Gasteiger partial charge in [0.25, 0.3) is 5.91 Å². The predicted octanol–water partition coefficient (Wildman–Crippen LogP) is 1.91. The Morgan fingerprint density at radius 3 is 2.86 bits per heavy atom. The topological polar surface area (TPSA) is 54.5 Å². The number of hydrogen-bond donors (Lipinski definition) is 1. The van der Waals surface area contributed by atoms with Crippen LogP contribution in [0, 0.1) is 0 Å². The lowest BCUT2D eigenvalue weighted by Gasteiger charge is -2.27. The lowest BCUT2D eigenvalue weighted by atomic mass is 10.2. The summed E-state index contributed by atoms with van der Waals surface area (Å²) in [6, 6.07) is 7.70. The summed E-state index contributed by atoms with van der Waals surface area (Å²) in [5, 5.41) is 4.79. The van der Waals surface area contributed by atoms with Crippen LogP contribution in [-0.4, -0.2) is 37.2 Å². The largest absolute Gasteiger partial charge is 0.378 e. The summed E-state index contributed by atoms with van der Waals surface area (Å²) in [6.07, 6.45) is 1.82. The highest BCUT2D eigenvalue weighted by Gasteiger charge is 2.12. The second kappa shape index (κ2) is 6.69. The van der Waals surface area contributed by atoms with E-state index in [1.165, 1.54) is 11.3 Å². The van der Waals surface area contributed by atoms with Crippen LogP contribution < -0.4 is 10.2 Å². The van der Waals surface area contributed by atoms with Gasteiger partial charge in [-0.3, -0.25) is 4.79 Å². The first-order chi connectivity index (χ1) is 10.3. The summed E-state index contributed by atoms with van der Waals surface area (Å²) in [4.78, 5) is 19.3. The van der Waals surface area contributed by atoms with Crippen LogP contribution in [-0.2, 0) is 11.3 Å². The van der Waals surface area contributed by atoms with Gasteiger partial charge in [0.15, 0.2) is 0 Å². The molecule has 21 heavy (non-hydrogen) atoms. The van der Waals surface area contributed by atoms with Gasteiger partial charge in [0.1, 0.15) is 5.82 Å². The molecule has 1 fully saturated rings. The van der Waals surface area contributed by atoms with Gasteiger partial charge in [-0.15, -0.1) is 11.3 Å². The van der Waals surface area contributed by atoms with Crippen LogP contribution in [0.15, 0.2) is 35.8 Å². The van der Waals surface area contributed by atoms with Crippen LogP contribution >= 0.6 is 11.3 Å². The maximum absolute atomic E-state index is 11.9. The molecule has 2 aromatic heterocycles. The molecule has 2 aromatic rings. The number of rotatable bonds is 4. The van der Waals surface area contributed by atoms with Crippen molar-refractivity contribution < 1.29 is 9.53 Å². The first kappa shape index (κ1) is 14.0. The molecule has 0 aliphatic carbocycles. The third-order valence-corrected chi connectivity index (χ3v) is 4.21. The minimum atomic E-state index is -0.0396. The number of anilines is 1. The van der Waals surface area contributed by atoms with Crippen molar-refractivity contribution in [1.29, 1.82) is 0 Å². The Morgan fingerprint density at radius 2 is 2.19 bits per heavy atom. The summed E-state index contributed by atoms with van der Waals surface area (Å²) >= 11 is 1.44. The SMILES string of the molecule is O=C(NCc1ccc(N2CCOCC2)nc1)c1cccs1. The molecule has 6 heteroatoms. The van der Waals surface area contributed by atoms with Crippen molar-refractivity contribution in [3.63, 3.8) is 0 Å². The second-order valence-electron chi connectivity index (χ2n) is 4.78. The summed E-state index contributed by atoms with van der Waals surface area (Å²) in [5.41, 5.74) is 0.997. The van der Waals surface area contributed by atoms with E-state index >= 15 is 0 Å². The zero-order valence-electron chi connectivity index (χ0n) is 11.6. The Labute approximate surface area is 127 Å². The number of nitrogens with zero attached hydrogens (tertiary/aromatic N) is 2. The molecule has 1 saturated heterocycles. The van der Waals surface area contributed by atoms with E-state index < -0.39 is 0 Å². The number of aromatic nitrogens is 1. The number of amides is 1. The lowest BCUT2D eigenvalue weighted by Crippen LogP contribution is -2.36. The summed E-state index contributed by atoms with van der Waals surface area (Å²) < 4.78 is 5.33. The van der Waals surface area contributed by atoms with E-state index in [1.54, 1.807) is 0 Å². The summed E-state index contributed by atoms with van der Waals surface area (Å²) in [6.45, 7) is 3.75. The monoisotopic (exact) mass is 303 g/mol. The molecular formula is C15H17N3O2S. The fourth-order valence-corrected chi connectivity index (χ4v) is 2.82. The summed E-state index contributed by atoms with van der Waals surface area (Å²) in [5.74, 6) is 0.925. The minimum Gasteiger partial charge on any atom is -0.378 e. The number of thiophene rings is 1. The molecule has 0 radical (unpaired) electrons. The quantitative estimate of drug-likeness (QED) is 0.937. The third kappa shape index (κ3) is 3.59. The number of morpholine rings is 1. The lowest BCUT2D eigenvalue weighted by molar-refractivity contribution is 0.0955. The zero-order valence-corrected chi connectivity index (χ0v) is 12.4. The molecular weight excluding hydrogens is 286 g/mol. The van der Waals surface area contributed by atoms with E-state index in [0.717, 1.165) is 42.6 Å². The maximum Gasteiger partial charge on any atom is 0.261 e. The van der Waals surface area contributed by atoms with E-state index in [9.17, 15) is 4.79 Å². The molecule has 0 bridgehead atoms. The fourth-order valence-electron chi connectivity index (χ4n) is 2.18. The van der Waals surface area contributed by atoms with Crippen molar-refractivity contribution in [1.82, 2.24) is 10.3 Å². The van der Waals surface area contributed by atoms with Crippen molar-refractivity contribution in [2.45, 2.75) is 6.54 Å². The molecule has 0 saturated carbocycles. The number of carbonyl (C=O) groups is 1. The van der Waals surface area contributed by atoms with Crippen molar-refractivity contribution in [2.75, 3.05) is 31.2 Å². The molecule has 0 spiro atoms. The number of nitrogens with one attached hydrogen (secondary N) is 1. The van der Waals surface area contributed by atoms with Crippen LogP contribution in [0.2, 0.25) is 0 Å². The van der Waals surface area contributed by atoms with Crippen molar-refractivity contribution in [3.05, 3.63) is 46.3 Å². The molecule has 1 amide bonds. The third-order valence-electron chi connectivity index (χ3n) is 3.34. The van der Waals surface area contributed by atoms with Crippen LogP contribution in [0.5, 0.6) is 0 Å². The minimum absolute atomic E-state index is 0.0396. The van der Waals surface area contributed by atoms with E-state index in [2.05, 4.69) is 15.2 Å². The van der Waals surface area contributed by atoms with Crippen LogP contribution in [0.3, 0.4) is 0 Å². The molecule has 0 unspecified atom stereocenters. The highest BCUT2D eigenvalue weighted by Crippen LogP contribution is 2.13. The number of carbonyl (C=O) groups excluding carboxylic acids is 1. The molecule has 0 aromatic carbocycles. The number of pyridine rings is 1. The molecule has 0 atom stereocenters. The van der Waals surface area contributed by atoms with Crippen molar-refractivity contribution >= 4 is 23.1 Å². The Bertz CT molecular complexity index is 577. The van der Waals surface area contributed by atoms with E-state index in [-0.39, 0.29) is 5.91 Å². The van der Waals surface area contributed by atoms with Gasteiger partial charge in [-0.2, -0.15) is 0 Å². The van der Waals surface area contributed by atoms with Gasteiger partial charge in [-0.05, 0) is 23.1 Å². The van der Waals surface area contributed by atoms with Gasteiger partial charge in [0, 0.05) is 25.8 Å². The van der Waals surface area contributed by atoms with Crippen LogP contribution in [0.4, 0.5) is 5.82 Å². The molecule has 1 aliphatic rings. The molecule has 3 rings (SSSR count).